The van der Waals surface area contributed by atoms with Crippen LogP contribution in [0.4, 0.5) is 0 Å². The second kappa shape index (κ2) is 19.0. The first-order valence-corrected chi connectivity index (χ1v) is 40.0. The fourth-order valence-corrected chi connectivity index (χ4v) is 9.78. The van der Waals surface area contributed by atoms with Gasteiger partial charge in [0.05, 0.1) is 15.8 Å². The maximum atomic E-state index is 2.49. The van der Waals surface area contributed by atoms with E-state index in [1.54, 1.807) is 0 Å². The van der Waals surface area contributed by atoms with Crippen LogP contribution in [0.5, 0.6) is 0 Å². The van der Waals surface area contributed by atoms with Gasteiger partial charge in [0.2, 0.25) is 0 Å². The van der Waals surface area contributed by atoms with Gasteiger partial charge in [0.25, 0.3) is 0 Å². The first kappa shape index (κ1) is 32.5. The third-order valence-electron chi connectivity index (χ3n) is 6.37. The van der Waals surface area contributed by atoms with Crippen molar-refractivity contribution in [1.82, 2.24) is 0 Å². The van der Waals surface area contributed by atoms with Gasteiger partial charge in [-0.15, -0.1) is 0 Å². The van der Waals surface area contributed by atoms with Crippen LogP contribution in [0, 0.1) is 0 Å². The van der Waals surface area contributed by atoms with Crippen LogP contribution in [0.25, 0.3) is 0 Å². The first-order valence-electron chi connectivity index (χ1n) is 13.5. The fourth-order valence-electron chi connectivity index (χ4n) is 4.63. The molecular weight excluding hydrogens is 861 g/mol. The van der Waals surface area contributed by atoms with Crippen molar-refractivity contribution in [2.45, 2.75) is 0 Å². The summed E-state index contributed by atoms with van der Waals surface area (Å²) in [5.74, 6) is 0. The van der Waals surface area contributed by atoms with E-state index >= 15 is 0 Å². The summed E-state index contributed by atoms with van der Waals surface area (Å²) in [6, 6.07) is 65.0. The summed E-state index contributed by atoms with van der Waals surface area (Å²) in [5, 5.41) is 8.61. The van der Waals surface area contributed by atoms with Crippen molar-refractivity contribution in [3.8, 4) is 0 Å². The van der Waals surface area contributed by atoms with Crippen molar-refractivity contribution >= 4 is 83.2 Å². The van der Waals surface area contributed by atoms with Crippen LogP contribution < -0.4 is 31.8 Å². The zero-order valence-electron chi connectivity index (χ0n) is 22.8. The molecule has 0 nitrogen and oxygen atoms in total. The molecule has 6 rings (SSSR count). The summed E-state index contributed by atoms with van der Waals surface area (Å²) < 4.78 is 0. The van der Waals surface area contributed by atoms with Gasteiger partial charge in [-0.3, -0.25) is 0 Å². The number of hydrogen-bond acceptors (Lipinski definition) is 0. The number of benzene rings is 6. The molecule has 0 amide bonds. The van der Waals surface area contributed by atoms with E-state index < -0.39 is 15.8 Å². The SMILES string of the molecule is [I][Cd][I].c1ccc([PH+](c2ccccc2)c2ccccc2)cc1.c1ccc([PH+](c2ccccc2)c2ccccc2)cc1. The van der Waals surface area contributed by atoms with Gasteiger partial charge < -0.3 is 0 Å². The molecule has 0 heterocycles. The Hall–Kier alpha value is -1.44. The molecule has 0 fully saturated rings. The molecular formula is C36H32CdI2P2+2. The van der Waals surface area contributed by atoms with Crippen LogP contribution in [0.2, 0.25) is 0 Å². The number of rotatable bonds is 6. The van der Waals surface area contributed by atoms with E-state index in [0.717, 1.165) is 0 Å². The van der Waals surface area contributed by atoms with E-state index in [4.69, 9.17) is 0 Å². The average molecular weight is 893 g/mol. The van der Waals surface area contributed by atoms with Crippen molar-refractivity contribution in [3.05, 3.63) is 182 Å². The van der Waals surface area contributed by atoms with Gasteiger partial charge in [-0.2, -0.15) is 0 Å². The molecule has 0 aliphatic heterocycles. The van der Waals surface area contributed by atoms with Crippen molar-refractivity contribution in [2.75, 3.05) is 0 Å². The molecule has 0 aliphatic carbocycles. The summed E-state index contributed by atoms with van der Waals surface area (Å²) in [5.41, 5.74) is 0. The van der Waals surface area contributed by atoms with Crippen molar-refractivity contribution < 1.29 is 15.6 Å². The van der Waals surface area contributed by atoms with Crippen molar-refractivity contribution in [2.24, 2.45) is 0 Å². The van der Waals surface area contributed by atoms with Gasteiger partial charge in [-0.1, -0.05) is 109 Å². The van der Waals surface area contributed by atoms with E-state index in [-0.39, 0.29) is 15.6 Å². The molecule has 41 heavy (non-hydrogen) atoms. The number of halogens is 2. The van der Waals surface area contributed by atoms with Crippen LogP contribution in [-0.2, 0) is 15.6 Å². The Labute approximate surface area is 277 Å². The third-order valence-corrected chi connectivity index (χ3v) is 11.8. The Bertz CT molecular complexity index is 1200. The molecule has 0 bridgehead atoms. The average Bonchev–Trinajstić information content (AvgIpc) is 3.05. The Kier molecular flexibility index (Phi) is 15.0. The maximum Gasteiger partial charge on any atom is 0.102 e. The Morgan fingerprint density at radius 2 is 0.390 bits per heavy atom. The molecule has 0 saturated carbocycles. The van der Waals surface area contributed by atoms with Crippen LogP contribution >= 0.6 is 51.4 Å². The monoisotopic (exact) mass is 894 g/mol. The van der Waals surface area contributed by atoms with Crippen molar-refractivity contribution in [3.63, 3.8) is 0 Å². The van der Waals surface area contributed by atoms with E-state index in [1.165, 1.54) is 31.8 Å². The molecule has 0 spiro atoms. The summed E-state index contributed by atoms with van der Waals surface area (Å²) in [4.78, 5) is 0. The van der Waals surface area contributed by atoms with Crippen molar-refractivity contribution in [1.29, 1.82) is 0 Å². The summed E-state index contributed by atoms with van der Waals surface area (Å²) in [6.07, 6.45) is 0. The van der Waals surface area contributed by atoms with Crippen LogP contribution in [0.3, 0.4) is 0 Å². The van der Waals surface area contributed by atoms with E-state index in [0.29, 0.717) is 0 Å². The van der Waals surface area contributed by atoms with Crippen LogP contribution in [0.15, 0.2) is 182 Å². The largest absolute Gasteiger partial charge is 0.102 e. The Morgan fingerprint density at radius 1 is 0.268 bits per heavy atom. The summed E-state index contributed by atoms with van der Waals surface area (Å²) in [6.45, 7) is 0. The minimum atomic E-state index is -0.877. The van der Waals surface area contributed by atoms with E-state index in [9.17, 15) is 0 Å². The Balaban J connectivity index is 0.000000173. The molecule has 200 valence electrons. The van der Waals surface area contributed by atoms with Crippen LogP contribution in [-0.4, -0.2) is 0 Å². The maximum absolute atomic E-state index is 2.49. The van der Waals surface area contributed by atoms with Gasteiger partial charge >= 0.3 is 51.2 Å². The molecule has 0 aromatic heterocycles. The third kappa shape index (κ3) is 10.4. The summed E-state index contributed by atoms with van der Waals surface area (Å²) in [7, 11) is -1.75. The zero-order chi connectivity index (χ0) is 28.5. The minimum absolute atomic E-state index is 0.0700. The molecule has 6 aromatic rings. The van der Waals surface area contributed by atoms with Gasteiger partial charge in [-0.05, 0) is 72.8 Å². The molecule has 0 radical (unpaired) electrons. The van der Waals surface area contributed by atoms with E-state index in [1.807, 2.05) is 0 Å². The smallest absolute Gasteiger partial charge is 0.0620 e. The second-order valence-electron chi connectivity index (χ2n) is 9.05. The Morgan fingerprint density at radius 3 is 0.512 bits per heavy atom. The molecule has 0 aliphatic rings. The zero-order valence-corrected chi connectivity index (χ0v) is 33.1. The molecule has 5 heteroatoms. The molecule has 0 atom stereocenters. The van der Waals surface area contributed by atoms with Gasteiger partial charge in [0.1, 0.15) is 31.8 Å². The molecule has 0 N–H and O–H groups in total. The molecule has 0 unspecified atom stereocenters. The van der Waals surface area contributed by atoms with Gasteiger partial charge in [0.15, 0.2) is 0 Å². The predicted octanol–water partition coefficient (Wildman–Crippen LogP) is 8.12. The van der Waals surface area contributed by atoms with Gasteiger partial charge in [-0.25, -0.2) is 0 Å². The predicted molar refractivity (Wildman–Crippen MR) is 201 cm³/mol. The molecule has 0 saturated heterocycles. The normalized spacial score (nSPS) is 10.0. The van der Waals surface area contributed by atoms with E-state index in [2.05, 4.69) is 218 Å². The summed E-state index contributed by atoms with van der Waals surface area (Å²) >= 11 is 4.90. The van der Waals surface area contributed by atoms with Gasteiger partial charge in [0, 0.05) is 0 Å². The standard InChI is InChI=1S/2C18H15P.Cd.2HI/c2*1-4-10-16(11-5-1)19(17-12-6-2-7-13-17)18-14-8-3-9-15-18;;;/h2*1-15H;;2*1H/q;;+2;;. The minimum Gasteiger partial charge on any atom is -0.0620 e. The first-order chi connectivity index (χ1) is 20.3. The topological polar surface area (TPSA) is 0 Å². The molecule has 6 aromatic carbocycles. The number of hydrogen-bond donors (Lipinski definition) is 0. The second-order valence-corrected chi connectivity index (χ2v) is 44.4. The van der Waals surface area contributed by atoms with Crippen LogP contribution in [0.1, 0.15) is 0 Å². The fraction of sp³-hybridized carbons (Fsp3) is 0. The quantitative estimate of drug-likeness (QED) is 0.0902.